The molecule has 1 unspecified atom stereocenters. The lowest BCUT2D eigenvalue weighted by Gasteiger charge is -2.51. The van der Waals surface area contributed by atoms with Gasteiger partial charge in [0.15, 0.2) is 5.79 Å². The molecule has 1 atom stereocenters. The lowest BCUT2D eigenvalue weighted by Crippen LogP contribution is -2.56. The average Bonchev–Trinajstić information content (AvgIpc) is 2.73. The quantitative estimate of drug-likeness (QED) is 0.639. The molecule has 1 saturated carbocycles. The number of carbonyl (C=O) groups is 1. The number of alkyl halides is 2. The van der Waals surface area contributed by atoms with E-state index in [4.69, 9.17) is 14.2 Å². The Bertz CT molecular complexity index is 778. The highest BCUT2D eigenvalue weighted by atomic mass is 19.3. The number of halogens is 2. The highest BCUT2D eigenvalue weighted by molar-refractivity contribution is 5.70. The summed E-state index contributed by atoms with van der Waals surface area (Å²) in [7, 11) is 0. The molecule has 0 aromatic heterocycles. The molecule has 1 aromatic rings. The smallest absolute Gasteiger partial charge is 0.410 e. The summed E-state index contributed by atoms with van der Waals surface area (Å²) in [5.41, 5.74) is 0.398. The number of rotatable bonds is 4. The topological polar surface area (TPSA) is 57.2 Å². The molecule has 2 saturated heterocycles. The minimum Gasteiger partial charge on any atom is -0.443 e. The summed E-state index contributed by atoms with van der Waals surface area (Å²) in [5, 5.41) is 0. The first-order valence-electron chi connectivity index (χ1n) is 10.9. The number of carbonyl (C=O) groups excluding carboxylic acids is 1. The third-order valence-corrected chi connectivity index (χ3v) is 6.78. The zero-order valence-electron chi connectivity index (χ0n) is 18.4. The van der Waals surface area contributed by atoms with E-state index in [1.165, 1.54) is 12.1 Å². The van der Waals surface area contributed by atoms with Crippen LogP contribution in [0.1, 0.15) is 64.5 Å². The Morgan fingerprint density at radius 3 is 2.16 bits per heavy atom. The summed E-state index contributed by atoms with van der Waals surface area (Å²) in [6.07, 6.45) is 3.29. The van der Waals surface area contributed by atoms with Gasteiger partial charge in [-0.15, -0.1) is 0 Å². The van der Waals surface area contributed by atoms with Crippen LogP contribution in [-0.4, -0.2) is 48.8 Å². The van der Waals surface area contributed by atoms with E-state index in [9.17, 15) is 13.6 Å². The zero-order chi connectivity index (χ0) is 22.3. The Morgan fingerprint density at radius 1 is 1.00 bits per heavy atom. The predicted octanol–water partition coefficient (Wildman–Crippen LogP) is 5.27. The lowest BCUT2D eigenvalue weighted by molar-refractivity contribution is -0.320. The van der Waals surface area contributed by atoms with E-state index in [0.717, 1.165) is 37.7 Å². The summed E-state index contributed by atoms with van der Waals surface area (Å²) < 4.78 is 47.2. The van der Waals surface area contributed by atoms with Crippen LogP contribution < -0.4 is 4.74 Å². The minimum absolute atomic E-state index is 0.0259. The van der Waals surface area contributed by atoms with Crippen LogP contribution in [0.5, 0.6) is 5.75 Å². The van der Waals surface area contributed by atoms with E-state index >= 15 is 0 Å². The van der Waals surface area contributed by atoms with Crippen LogP contribution in [0.25, 0.3) is 0 Å². The third kappa shape index (κ3) is 4.80. The molecule has 4 rings (SSSR count). The number of ether oxygens (including phenoxy) is 4. The minimum atomic E-state index is -2.86. The molecule has 0 bridgehead atoms. The monoisotopic (exact) mass is 439 g/mol. The molecule has 8 heteroatoms. The molecule has 2 spiro atoms. The second kappa shape index (κ2) is 8.20. The molecule has 0 radical (unpaired) electrons. The van der Waals surface area contributed by atoms with Crippen molar-refractivity contribution in [3.8, 4) is 5.75 Å². The molecule has 31 heavy (non-hydrogen) atoms. The van der Waals surface area contributed by atoms with Gasteiger partial charge in [0.25, 0.3) is 0 Å². The van der Waals surface area contributed by atoms with Gasteiger partial charge in [-0.1, -0.05) is 26.0 Å². The summed E-state index contributed by atoms with van der Waals surface area (Å²) in [4.78, 5) is 14.6. The van der Waals surface area contributed by atoms with Crippen LogP contribution in [0.3, 0.4) is 0 Å². The molecule has 172 valence electrons. The van der Waals surface area contributed by atoms with Gasteiger partial charge >= 0.3 is 12.7 Å². The molecule has 2 aliphatic heterocycles. The van der Waals surface area contributed by atoms with Gasteiger partial charge in [0, 0.05) is 31.2 Å². The fourth-order valence-corrected chi connectivity index (χ4v) is 4.63. The molecule has 1 aromatic carbocycles. The third-order valence-electron chi connectivity index (χ3n) is 6.78. The fourth-order valence-electron chi connectivity index (χ4n) is 4.63. The van der Waals surface area contributed by atoms with Crippen LogP contribution in [0, 0.1) is 5.41 Å². The number of hydrogen-bond donors (Lipinski definition) is 0. The second-order valence-corrected chi connectivity index (χ2v) is 9.77. The molecule has 2 heterocycles. The summed E-state index contributed by atoms with van der Waals surface area (Å²) in [5.74, 6) is -0.447. The Kier molecular flexibility index (Phi) is 5.89. The molecular weight excluding hydrogens is 408 g/mol. The van der Waals surface area contributed by atoms with Crippen LogP contribution in [0.15, 0.2) is 24.3 Å². The summed E-state index contributed by atoms with van der Waals surface area (Å²) in [6.45, 7) is 5.23. The maximum Gasteiger partial charge on any atom is 0.410 e. The largest absolute Gasteiger partial charge is 0.443 e. The van der Waals surface area contributed by atoms with Gasteiger partial charge in [-0.05, 0) is 37.5 Å². The van der Waals surface area contributed by atoms with E-state index in [1.807, 2.05) is 6.92 Å². The molecule has 0 N–H and O–H groups in total. The van der Waals surface area contributed by atoms with Gasteiger partial charge in [0.1, 0.15) is 11.4 Å². The van der Waals surface area contributed by atoms with Gasteiger partial charge in [-0.3, -0.25) is 0 Å². The van der Waals surface area contributed by atoms with E-state index in [1.54, 1.807) is 17.0 Å². The first kappa shape index (κ1) is 22.3. The van der Waals surface area contributed by atoms with Crippen LogP contribution in [0.4, 0.5) is 13.6 Å². The normalized spacial score (nSPS) is 25.5. The van der Waals surface area contributed by atoms with E-state index in [2.05, 4.69) is 18.6 Å². The number of amides is 1. The van der Waals surface area contributed by atoms with Crippen molar-refractivity contribution in [2.45, 2.75) is 76.9 Å². The van der Waals surface area contributed by atoms with E-state index in [-0.39, 0.29) is 23.3 Å². The number of nitrogens with zero attached hydrogens (tertiary/aromatic N) is 1. The average molecular weight is 439 g/mol. The highest BCUT2D eigenvalue weighted by Crippen LogP contribution is 2.47. The van der Waals surface area contributed by atoms with Gasteiger partial charge in [0.05, 0.1) is 19.3 Å². The molecule has 1 amide bonds. The standard InChI is InChI=1S/C23H31F2NO5/c1-16(17-4-6-18(7-5-17)30-19(24)25)26-13-12-22(31-20(26)27)8-10-23(11-9-22)28-14-21(2,3)15-29-23/h4-7,16,19H,8-15H2,1-3H3. The molecular formula is C23H31F2NO5. The Morgan fingerprint density at radius 2 is 1.61 bits per heavy atom. The maximum atomic E-state index is 12.9. The van der Waals surface area contributed by atoms with Crippen molar-refractivity contribution < 1.29 is 32.5 Å². The molecule has 6 nitrogen and oxygen atoms in total. The van der Waals surface area contributed by atoms with Gasteiger partial charge in [-0.25, -0.2) is 4.79 Å². The van der Waals surface area contributed by atoms with Gasteiger partial charge in [-0.2, -0.15) is 8.78 Å². The van der Waals surface area contributed by atoms with Gasteiger partial charge in [0.2, 0.25) is 0 Å². The summed E-state index contributed by atoms with van der Waals surface area (Å²) in [6, 6.07) is 6.14. The maximum absolute atomic E-state index is 12.9. The molecule has 3 aliphatic rings. The van der Waals surface area contributed by atoms with Crippen LogP contribution in [0.2, 0.25) is 0 Å². The molecule has 1 aliphatic carbocycles. The lowest BCUT2D eigenvalue weighted by atomic mass is 9.77. The Balaban J connectivity index is 1.34. The highest BCUT2D eigenvalue weighted by Gasteiger charge is 2.51. The van der Waals surface area contributed by atoms with Crippen LogP contribution in [-0.2, 0) is 14.2 Å². The number of benzene rings is 1. The van der Waals surface area contributed by atoms with E-state index < -0.39 is 18.0 Å². The summed E-state index contributed by atoms with van der Waals surface area (Å²) >= 11 is 0. The second-order valence-electron chi connectivity index (χ2n) is 9.77. The van der Waals surface area contributed by atoms with Crippen molar-refractivity contribution in [2.24, 2.45) is 5.41 Å². The van der Waals surface area contributed by atoms with Crippen molar-refractivity contribution in [3.05, 3.63) is 29.8 Å². The van der Waals surface area contributed by atoms with Crippen molar-refractivity contribution >= 4 is 6.09 Å². The fraction of sp³-hybridized carbons (Fsp3) is 0.696. The Hall–Kier alpha value is -1.93. The van der Waals surface area contributed by atoms with Crippen molar-refractivity contribution in [2.75, 3.05) is 19.8 Å². The van der Waals surface area contributed by atoms with Gasteiger partial charge < -0.3 is 23.8 Å². The zero-order valence-corrected chi connectivity index (χ0v) is 18.4. The van der Waals surface area contributed by atoms with Crippen molar-refractivity contribution in [3.63, 3.8) is 0 Å². The van der Waals surface area contributed by atoms with Crippen LogP contribution >= 0.6 is 0 Å². The van der Waals surface area contributed by atoms with Crippen molar-refractivity contribution in [1.29, 1.82) is 0 Å². The predicted molar refractivity (Wildman–Crippen MR) is 109 cm³/mol. The molecule has 3 fully saturated rings. The first-order valence-corrected chi connectivity index (χ1v) is 10.9. The van der Waals surface area contributed by atoms with Crippen molar-refractivity contribution in [1.82, 2.24) is 4.90 Å². The SMILES string of the molecule is CC(c1ccc(OC(F)F)cc1)N1CCC2(CCC3(CC2)OCC(C)(C)CO3)OC1=O. The first-order chi connectivity index (χ1) is 14.6. The Labute approximate surface area is 181 Å². The van der Waals surface area contributed by atoms with E-state index in [0.29, 0.717) is 19.8 Å². The number of hydrogen-bond acceptors (Lipinski definition) is 5.